The molecule has 8 nitrogen and oxygen atoms in total. The van der Waals surface area contributed by atoms with Crippen LogP contribution in [-0.2, 0) is 20.6 Å². The lowest BCUT2D eigenvalue weighted by Crippen LogP contribution is -2.33. The van der Waals surface area contributed by atoms with Crippen molar-refractivity contribution >= 4 is 17.0 Å². The van der Waals surface area contributed by atoms with Crippen LogP contribution in [0.3, 0.4) is 0 Å². The van der Waals surface area contributed by atoms with Gasteiger partial charge >= 0.3 is 0 Å². The third kappa shape index (κ3) is 3.04. The highest BCUT2D eigenvalue weighted by molar-refractivity contribution is 5.81. The average Bonchev–Trinajstić information content (AvgIpc) is 2.99. The monoisotopic (exact) mass is 421 g/mol. The zero-order valence-corrected chi connectivity index (χ0v) is 17.8. The number of nitrogens with zero attached hydrogens (tertiary/aromatic N) is 4. The summed E-state index contributed by atoms with van der Waals surface area (Å²) < 4.78 is 21.3. The second-order valence-electron chi connectivity index (χ2n) is 9.35. The van der Waals surface area contributed by atoms with Gasteiger partial charge in [-0.3, -0.25) is 4.57 Å². The lowest BCUT2D eigenvalue weighted by molar-refractivity contribution is -0.203. The third-order valence-electron chi connectivity index (χ3n) is 6.85. The molecule has 1 aliphatic carbocycles. The molecule has 2 aliphatic heterocycles. The fourth-order valence-corrected chi connectivity index (χ4v) is 5.37. The molecule has 3 aromatic rings. The van der Waals surface area contributed by atoms with E-state index in [1.54, 1.807) is 6.33 Å². The molecular formula is C23H27N5O3. The molecule has 1 saturated carbocycles. The normalized spacial score (nSPS) is 33.2. The summed E-state index contributed by atoms with van der Waals surface area (Å²) in [7, 11) is 0. The predicted molar refractivity (Wildman–Crippen MR) is 114 cm³/mol. The van der Waals surface area contributed by atoms with Crippen LogP contribution < -0.4 is 5.73 Å². The topological polar surface area (TPSA) is 97.3 Å². The number of hydrogen-bond donors (Lipinski definition) is 1. The highest BCUT2D eigenvalue weighted by Gasteiger charge is 2.73. The van der Waals surface area contributed by atoms with Crippen LogP contribution in [0.2, 0.25) is 0 Å². The van der Waals surface area contributed by atoms with Crippen LogP contribution in [0.5, 0.6) is 0 Å². The Balaban J connectivity index is 1.24. The summed E-state index contributed by atoms with van der Waals surface area (Å²) in [6.45, 7) is 3.93. The van der Waals surface area contributed by atoms with Crippen LogP contribution >= 0.6 is 0 Å². The molecule has 6 rings (SSSR count). The van der Waals surface area contributed by atoms with Crippen molar-refractivity contribution in [2.24, 2.45) is 5.92 Å². The summed E-state index contributed by atoms with van der Waals surface area (Å²) in [6, 6.07) is 10.6. The van der Waals surface area contributed by atoms with Gasteiger partial charge in [-0.15, -0.1) is 0 Å². The first kappa shape index (κ1) is 19.2. The molecule has 2 saturated heterocycles. The van der Waals surface area contributed by atoms with Crippen molar-refractivity contribution in [1.29, 1.82) is 0 Å². The van der Waals surface area contributed by atoms with Gasteiger partial charge in [-0.05, 0) is 51.0 Å². The lowest BCUT2D eigenvalue weighted by atomic mass is 10.0. The fraction of sp³-hybridized carbons (Fsp3) is 0.522. The van der Waals surface area contributed by atoms with Gasteiger partial charge in [0.1, 0.15) is 29.7 Å². The minimum Gasteiger partial charge on any atom is -0.382 e. The number of ether oxygens (including phenoxy) is 3. The Kier molecular flexibility index (Phi) is 4.15. The second-order valence-corrected chi connectivity index (χ2v) is 9.35. The first-order valence-electron chi connectivity index (χ1n) is 11.0. The van der Waals surface area contributed by atoms with Crippen molar-refractivity contribution in [3.05, 3.63) is 48.5 Å². The SMILES string of the molecule is CC1(C)OC2[C@H](n3cnc4c(N)ncnc43)O[C@]3(C[C@@H]3CCCc3ccccc3)[C@@H]2O1. The lowest BCUT2D eigenvalue weighted by Gasteiger charge is -2.25. The van der Waals surface area contributed by atoms with E-state index in [2.05, 4.69) is 45.3 Å². The summed E-state index contributed by atoms with van der Waals surface area (Å²) in [4.78, 5) is 12.9. The van der Waals surface area contributed by atoms with Crippen molar-refractivity contribution in [1.82, 2.24) is 19.5 Å². The number of imidazole rings is 1. The van der Waals surface area contributed by atoms with Crippen molar-refractivity contribution in [2.75, 3.05) is 5.73 Å². The average molecular weight is 422 g/mol. The van der Waals surface area contributed by atoms with Crippen LogP contribution in [0.4, 0.5) is 5.82 Å². The van der Waals surface area contributed by atoms with E-state index >= 15 is 0 Å². The largest absolute Gasteiger partial charge is 0.382 e. The van der Waals surface area contributed by atoms with Gasteiger partial charge in [0.15, 0.2) is 23.5 Å². The minimum atomic E-state index is -0.647. The van der Waals surface area contributed by atoms with Crippen LogP contribution in [-0.4, -0.2) is 43.1 Å². The first-order chi connectivity index (χ1) is 15.0. The Morgan fingerprint density at radius 2 is 1.94 bits per heavy atom. The van der Waals surface area contributed by atoms with Gasteiger partial charge < -0.3 is 19.9 Å². The van der Waals surface area contributed by atoms with E-state index in [0.717, 1.165) is 25.7 Å². The molecule has 3 fully saturated rings. The molecule has 2 aromatic heterocycles. The zero-order chi connectivity index (χ0) is 21.2. The number of aromatic nitrogens is 4. The zero-order valence-electron chi connectivity index (χ0n) is 17.8. The van der Waals surface area contributed by atoms with Gasteiger partial charge in [0, 0.05) is 0 Å². The molecule has 3 aliphatic rings. The van der Waals surface area contributed by atoms with Gasteiger partial charge in [0.25, 0.3) is 0 Å². The molecule has 4 heterocycles. The summed E-state index contributed by atoms with van der Waals surface area (Å²) in [5, 5.41) is 0. The molecule has 0 radical (unpaired) electrons. The standard InChI is InChI=1S/C23H27N5O3/c1-22(2)29-17-18(30-22)23(11-15(23)10-6-9-14-7-4-3-5-8-14)31-21(17)28-13-27-16-19(24)25-12-26-20(16)28/h3-5,7-8,12-13,15,17-18,21H,6,9-11H2,1-2H3,(H2,24,25,26)/t15-,17?,18+,21+,23-/m0/s1. The minimum absolute atomic E-state index is 0.106. The highest BCUT2D eigenvalue weighted by Crippen LogP contribution is 2.63. The molecular weight excluding hydrogens is 394 g/mol. The number of benzene rings is 1. The first-order valence-corrected chi connectivity index (χ1v) is 11.0. The van der Waals surface area contributed by atoms with Crippen molar-refractivity contribution < 1.29 is 14.2 Å². The summed E-state index contributed by atoms with van der Waals surface area (Å²) >= 11 is 0. The van der Waals surface area contributed by atoms with E-state index in [9.17, 15) is 0 Å². The van der Waals surface area contributed by atoms with E-state index < -0.39 is 5.79 Å². The molecule has 1 spiro atoms. The molecule has 1 aromatic carbocycles. The number of nitrogen functional groups attached to an aromatic ring is 1. The Labute approximate surface area is 180 Å². The van der Waals surface area contributed by atoms with E-state index in [1.807, 2.05) is 18.4 Å². The molecule has 5 atom stereocenters. The number of fused-ring (bicyclic) bond motifs is 3. The van der Waals surface area contributed by atoms with Crippen molar-refractivity contribution in [2.45, 2.75) is 69.4 Å². The van der Waals surface area contributed by atoms with E-state index in [-0.39, 0.29) is 24.0 Å². The van der Waals surface area contributed by atoms with Gasteiger partial charge in [-0.2, -0.15) is 0 Å². The molecule has 8 heteroatoms. The summed E-state index contributed by atoms with van der Waals surface area (Å²) in [6.07, 6.45) is 6.80. The molecule has 0 amide bonds. The van der Waals surface area contributed by atoms with Crippen molar-refractivity contribution in [3.8, 4) is 0 Å². The third-order valence-corrected chi connectivity index (χ3v) is 6.85. The van der Waals surface area contributed by atoms with Crippen molar-refractivity contribution in [3.63, 3.8) is 0 Å². The van der Waals surface area contributed by atoms with E-state index in [4.69, 9.17) is 19.9 Å². The van der Waals surface area contributed by atoms with Gasteiger partial charge in [-0.25, -0.2) is 15.0 Å². The van der Waals surface area contributed by atoms with E-state index in [0.29, 0.717) is 22.9 Å². The Bertz CT molecular complexity index is 1120. The van der Waals surface area contributed by atoms with Crippen LogP contribution in [0, 0.1) is 5.92 Å². The Hall–Kier alpha value is -2.55. The molecule has 0 bridgehead atoms. The quantitative estimate of drug-likeness (QED) is 0.675. The second kappa shape index (κ2) is 6.72. The van der Waals surface area contributed by atoms with E-state index in [1.165, 1.54) is 11.9 Å². The number of hydrogen-bond acceptors (Lipinski definition) is 7. The molecule has 2 N–H and O–H groups in total. The summed E-state index contributed by atoms with van der Waals surface area (Å²) in [5.41, 5.74) is 8.29. The molecule has 162 valence electrons. The Morgan fingerprint density at radius 1 is 1.10 bits per heavy atom. The smallest absolute Gasteiger partial charge is 0.167 e. The van der Waals surface area contributed by atoms with Gasteiger partial charge in [-0.1, -0.05) is 30.3 Å². The fourth-order valence-electron chi connectivity index (χ4n) is 5.37. The van der Waals surface area contributed by atoms with Gasteiger partial charge in [0.05, 0.1) is 6.33 Å². The molecule has 1 unspecified atom stereocenters. The van der Waals surface area contributed by atoms with Gasteiger partial charge in [0.2, 0.25) is 0 Å². The number of nitrogens with two attached hydrogens (primary N) is 1. The number of rotatable bonds is 5. The maximum atomic E-state index is 6.70. The molecule has 31 heavy (non-hydrogen) atoms. The van der Waals surface area contributed by atoms with Crippen LogP contribution in [0.15, 0.2) is 43.0 Å². The maximum absolute atomic E-state index is 6.70. The highest BCUT2D eigenvalue weighted by atomic mass is 16.8. The predicted octanol–water partition coefficient (Wildman–Crippen LogP) is 3.24. The van der Waals surface area contributed by atoms with Crippen LogP contribution in [0.1, 0.15) is 44.9 Å². The Morgan fingerprint density at radius 3 is 2.77 bits per heavy atom. The maximum Gasteiger partial charge on any atom is 0.167 e. The van der Waals surface area contributed by atoms with Crippen LogP contribution in [0.25, 0.3) is 11.2 Å². The summed E-state index contributed by atoms with van der Waals surface area (Å²) in [5.74, 6) is 0.175. The number of aryl methyl sites for hydroxylation is 1. The number of anilines is 1.